The molecular weight excluding hydrogens is 337 g/mol. The number of nitrogens with zero attached hydrogens (tertiary/aromatic N) is 2. The van der Waals surface area contributed by atoms with Gasteiger partial charge in [-0.25, -0.2) is 4.39 Å². The lowest BCUT2D eigenvalue weighted by molar-refractivity contribution is -0.132. The number of carbonyl (C=O) groups excluding carboxylic acids is 1. The molecule has 2 aliphatic heterocycles. The van der Waals surface area contributed by atoms with E-state index in [2.05, 4.69) is 4.90 Å². The number of amides is 1. The number of hydrogen-bond acceptors (Lipinski definition) is 4. The molecule has 2 heterocycles. The van der Waals surface area contributed by atoms with E-state index in [-0.39, 0.29) is 0 Å². The highest BCUT2D eigenvalue weighted by Crippen LogP contribution is 2.35. The minimum atomic E-state index is -1.48. The number of anilines is 1. The van der Waals surface area contributed by atoms with E-state index in [1.54, 1.807) is 4.90 Å². The molecule has 2 saturated heterocycles. The maximum Gasteiger partial charge on any atom is 0.267 e. The first-order chi connectivity index (χ1) is 11.1. The fourth-order valence-electron chi connectivity index (χ4n) is 3.42. The Bertz CT molecular complexity index is 545. The Balaban J connectivity index is 1.55. The highest BCUT2D eigenvalue weighted by Gasteiger charge is 2.43. The summed E-state index contributed by atoms with van der Waals surface area (Å²) in [4.78, 5) is 16.1. The van der Waals surface area contributed by atoms with Crippen LogP contribution in [0.1, 0.15) is 0 Å². The topological polar surface area (TPSA) is 49.6 Å². The van der Waals surface area contributed by atoms with Crippen LogP contribution in [0.15, 0.2) is 24.3 Å². The summed E-state index contributed by atoms with van der Waals surface area (Å²) in [5, 5.41) is 0.730. The zero-order valence-corrected chi connectivity index (χ0v) is 14.4. The number of benzene rings is 1. The standard InChI is InChI=1S/C16H21ClFN3OS/c17-13-1-3-14(4-2-13)20-7-11-9-21(10-12(11)8-20)16(22)15(18)23-6-5-19/h1-4,11-12,15H,5-10,19H2/t11-,12+,15?. The molecule has 23 heavy (non-hydrogen) atoms. The predicted octanol–water partition coefficient (Wildman–Crippen LogP) is 2.22. The molecule has 0 saturated carbocycles. The number of rotatable bonds is 5. The van der Waals surface area contributed by atoms with E-state index < -0.39 is 11.4 Å². The van der Waals surface area contributed by atoms with Gasteiger partial charge in [0.2, 0.25) is 5.50 Å². The molecule has 0 spiro atoms. The molecule has 1 aromatic carbocycles. The van der Waals surface area contributed by atoms with Crippen LogP contribution in [0.5, 0.6) is 0 Å². The van der Waals surface area contributed by atoms with Gasteiger partial charge in [-0.05, 0) is 24.3 Å². The van der Waals surface area contributed by atoms with Crippen LogP contribution >= 0.6 is 23.4 Å². The first-order valence-corrected chi connectivity index (χ1v) is 9.26. The highest BCUT2D eigenvalue weighted by atomic mass is 35.5. The average Bonchev–Trinajstić information content (AvgIpc) is 3.11. The molecule has 126 valence electrons. The van der Waals surface area contributed by atoms with Crippen LogP contribution in [0.2, 0.25) is 5.02 Å². The summed E-state index contributed by atoms with van der Waals surface area (Å²) in [7, 11) is 0. The minimum Gasteiger partial charge on any atom is -0.371 e. The Morgan fingerprint density at radius 1 is 1.26 bits per heavy atom. The van der Waals surface area contributed by atoms with Gasteiger partial charge in [0.15, 0.2) is 0 Å². The Morgan fingerprint density at radius 3 is 2.43 bits per heavy atom. The lowest BCUT2D eigenvalue weighted by Gasteiger charge is -2.24. The quantitative estimate of drug-likeness (QED) is 0.878. The van der Waals surface area contributed by atoms with E-state index in [4.69, 9.17) is 17.3 Å². The maximum absolute atomic E-state index is 13.9. The van der Waals surface area contributed by atoms with Crippen molar-refractivity contribution in [3.8, 4) is 0 Å². The molecule has 0 aromatic heterocycles. The molecule has 3 atom stereocenters. The molecular formula is C16H21ClFN3OS. The average molecular weight is 358 g/mol. The second kappa shape index (κ2) is 7.28. The molecule has 2 aliphatic rings. The smallest absolute Gasteiger partial charge is 0.267 e. The van der Waals surface area contributed by atoms with E-state index in [0.29, 0.717) is 37.2 Å². The summed E-state index contributed by atoms with van der Waals surface area (Å²) in [5.41, 5.74) is 5.03. The van der Waals surface area contributed by atoms with Crippen LogP contribution in [0.25, 0.3) is 0 Å². The van der Waals surface area contributed by atoms with Crippen LogP contribution in [-0.4, -0.2) is 54.8 Å². The van der Waals surface area contributed by atoms with Crippen LogP contribution in [0, 0.1) is 11.8 Å². The fourth-order valence-corrected chi connectivity index (χ4v) is 4.18. The summed E-state index contributed by atoms with van der Waals surface area (Å²) >= 11 is 6.92. The number of fused-ring (bicyclic) bond motifs is 1. The Morgan fingerprint density at radius 2 is 1.87 bits per heavy atom. The molecule has 0 bridgehead atoms. The lowest BCUT2D eigenvalue weighted by atomic mass is 10.0. The van der Waals surface area contributed by atoms with Crippen molar-refractivity contribution in [1.29, 1.82) is 0 Å². The Labute approximate surface area is 145 Å². The Kier molecular flexibility index (Phi) is 5.34. The van der Waals surface area contributed by atoms with Gasteiger partial charge >= 0.3 is 0 Å². The number of carbonyl (C=O) groups is 1. The highest BCUT2D eigenvalue weighted by molar-refractivity contribution is 8.00. The fraction of sp³-hybridized carbons (Fsp3) is 0.562. The van der Waals surface area contributed by atoms with Gasteiger partial charge in [-0.2, -0.15) is 0 Å². The first kappa shape index (κ1) is 16.9. The van der Waals surface area contributed by atoms with Gasteiger partial charge < -0.3 is 15.5 Å². The van der Waals surface area contributed by atoms with Crippen LogP contribution in [0.3, 0.4) is 0 Å². The molecule has 3 rings (SSSR count). The van der Waals surface area contributed by atoms with E-state index >= 15 is 0 Å². The summed E-state index contributed by atoms with van der Waals surface area (Å²) in [6.07, 6.45) is 0. The third-order valence-corrected chi connectivity index (χ3v) is 5.78. The van der Waals surface area contributed by atoms with Crippen molar-refractivity contribution in [1.82, 2.24) is 4.90 Å². The minimum absolute atomic E-state index is 0.389. The van der Waals surface area contributed by atoms with E-state index in [1.807, 2.05) is 24.3 Å². The SMILES string of the molecule is NCCSC(F)C(=O)N1C[C@@H]2CN(c3ccc(Cl)cc3)C[C@@H]2C1. The summed E-state index contributed by atoms with van der Waals surface area (Å²) in [5.74, 6) is 0.913. The molecule has 0 radical (unpaired) electrons. The van der Waals surface area contributed by atoms with E-state index in [0.717, 1.165) is 35.6 Å². The van der Waals surface area contributed by atoms with Gasteiger partial charge in [-0.15, -0.1) is 11.8 Å². The monoisotopic (exact) mass is 357 g/mol. The zero-order valence-electron chi connectivity index (χ0n) is 12.8. The van der Waals surface area contributed by atoms with E-state index in [9.17, 15) is 9.18 Å². The van der Waals surface area contributed by atoms with Crippen molar-refractivity contribution in [3.63, 3.8) is 0 Å². The first-order valence-electron chi connectivity index (χ1n) is 7.83. The molecule has 1 unspecified atom stereocenters. The number of likely N-dealkylation sites (tertiary alicyclic amines) is 1. The van der Waals surface area contributed by atoms with Crippen molar-refractivity contribution in [2.75, 3.05) is 43.4 Å². The maximum atomic E-state index is 13.9. The number of nitrogens with two attached hydrogens (primary N) is 1. The van der Waals surface area contributed by atoms with Crippen molar-refractivity contribution in [2.45, 2.75) is 5.50 Å². The molecule has 4 nitrogen and oxygen atoms in total. The number of hydrogen-bond donors (Lipinski definition) is 1. The largest absolute Gasteiger partial charge is 0.371 e. The second-order valence-corrected chi connectivity index (χ2v) is 7.71. The lowest BCUT2D eigenvalue weighted by Crippen LogP contribution is -2.37. The van der Waals surface area contributed by atoms with Crippen molar-refractivity contribution >= 4 is 35.0 Å². The van der Waals surface area contributed by atoms with E-state index in [1.165, 1.54) is 0 Å². The van der Waals surface area contributed by atoms with Crippen LogP contribution < -0.4 is 10.6 Å². The van der Waals surface area contributed by atoms with Gasteiger partial charge in [0.1, 0.15) is 0 Å². The number of halogens is 2. The molecule has 1 amide bonds. The molecule has 0 aliphatic carbocycles. The summed E-state index contributed by atoms with van der Waals surface area (Å²) < 4.78 is 13.9. The van der Waals surface area contributed by atoms with Gasteiger partial charge in [0.25, 0.3) is 5.91 Å². The third kappa shape index (κ3) is 3.75. The second-order valence-electron chi connectivity index (χ2n) is 6.12. The summed E-state index contributed by atoms with van der Waals surface area (Å²) in [6, 6.07) is 7.83. The van der Waals surface area contributed by atoms with Gasteiger partial charge in [0, 0.05) is 61.0 Å². The van der Waals surface area contributed by atoms with Crippen molar-refractivity contribution in [3.05, 3.63) is 29.3 Å². The molecule has 2 fully saturated rings. The van der Waals surface area contributed by atoms with Crippen LogP contribution in [0.4, 0.5) is 10.1 Å². The molecule has 2 N–H and O–H groups in total. The normalized spacial score (nSPS) is 24.8. The number of thioether (sulfide) groups is 1. The molecule has 1 aromatic rings. The van der Waals surface area contributed by atoms with Gasteiger partial charge in [-0.3, -0.25) is 4.79 Å². The Hall–Kier alpha value is -0.980. The van der Waals surface area contributed by atoms with Gasteiger partial charge in [0.05, 0.1) is 0 Å². The van der Waals surface area contributed by atoms with Gasteiger partial charge in [-0.1, -0.05) is 11.6 Å². The van der Waals surface area contributed by atoms with Crippen molar-refractivity contribution < 1.29 is 9.18 Å². The predicted molar refractivity (Wildman–Crippen MR) is 93.6 cm³/mol. The number of alkyl halides is 1. The summed E-state index contributed by atoms with van der Waals surface area (Å²) in [6.45, 7) is 3.50. The zero-order chi connectivity index (χ0) is 16.4. The van der Waals surface area contributed by atoms with Crippen LogP contribution in [-0.2, 0) is 4.79 Å². The molecule has 7 heteroatoms. The van der Waals surface area contributed by atoms with Crippen molar-refractivity contribution in [2.24, 2.45) is 17.6 Å². The third-order valence-electron chi connectivity index (χ3n) is 4.57.